The van der Waals surface area contributed by atoms with Crippen LogP contribution in [0.5, 0.6) is 0 Å². The van der Waals surface area contributed by atoms with Gasteiger partial charge in [-0.05, 0) is 37.1 Å². The molecule has 0 atom stereocenters. The van der Waals surface area contributed by atoms with Crippen LogP contribution in [0.3, 0.4) is 0 Å². The van der Waals surface area contributed by atoms with Gasteiger partial charge in [-0.2, -0.15) is 13.2 Å². The third-order valence-corrected chi connectivity index (χ3v) is 5.40. The number of amides is 1. The fourth-order valence-corrected chi connectivity index (χ4v) is 3.90. The molecule has 3 rings (SSSR count). The average molecular weight is 354 g/mol. The Balaban J connectivity index is 1.56. The molecule has 0 spiro atoms. The number of rotatable bonds is 2. The zero-order chi connectivity index (χ0) is 17.9. The summed E-state index contributed by atoms with van der Waals surface area (Å²) in [6.07, 6.45) is 3.34. The van der Waals surface area contributed by atoms with Crippen molar-refractivity contribution in [1.82, 2.24) is 9.80 Å². The Morgan fingerprint density at radius 2 is 1.44 bits per heavy atom. The molecule has 1 saturated carbocycles. The van der Waals surface area contributed by atoms with Crippen molar-refractivity contribution >= 4 is 5.91 Å². The van der Waals surface area contributed by atoms with E-state index < -0.39 is 11.7 Å². The molecule has 1 amide bonds. The summed E-state index contributed by atoms with van der Waals surface area (Å²) in [5, 5.41) is 0. The summed E-state index contributed by atoms with van der Waals surface area (Å²) in [6, 6.07) is 5.15. The number of piperazine rings is 1. The molecule has 0 radical (unpaired) electrons. The molecule has 0 bridgehead atoms. The second-order valence-electron chi connectivity index (χ2n) is 7.05. The molecular formula is C19H25F3N2O. The fraction of sp³-hybridized carbons (Fsp3) is 0.632. The summed E-state index contributed by atoms with van der Waals surface area (Å²) >= 11 is 0. The molecule has 2 fully saturated rings. The first kappa shape index (κ1) is 18.2. The molecule has 138 valence electrons. The zero-order valence-electron chi connectivity index (χ0n) is 14.4. The predicted octanol–water partition coefficient (Wildman–Crippen LogP) is 4.19. The van der Waals surface area contributed by atoms with Crippen LogP contribution < -0.4 is 0 Å². The number of nitrogens with zero attached hydrogens (tertiary/aromatic N) is 2. The lowest BCUT2D eigenvalue weighted by molar-refractivity contribution is -0.137. The summed E-state index contributed by atoms with van der Waals surface area (Å²) < 4.78 is 37.9. The van der Waals surface area contributed by atoms with E-state index in [0.29, 0.717) is 24.7 Å². The molecule has 25 heavy (non-hydrogen) atoms. The van der Waals surface area contributed by atoms with Gasteiger partial charge in [-0.25, -0.2) is 0 Å². The first-order chi connectivity index (χ1) is 11.9. The minimum atomic E-state index is -4.37. The van der Waals surface area contributed by atoms with Crippen LogP contribution >= 0.6 is 0 Å². The molecule has 1 saturated heterocycles. The quantitative estimate of drug-likeness (QED) is 0.744. The van der Waals surface area contributed by atoms with Gasteiger partial charge >= 0.3 is 6.18 Å². The highest BCUT2D eigenvalue weighted by atomic mass is 19.4. The molecule has 1 aliphatic carbocycles. The van der Waals surface area contributed by atoms with E-state index >= 15 is 0 Å². The molecule has 3 nitrogen and oxygen atoms in total. The van der Waals surface area contributed by atoms with E-state index in [1.165, 1.54) is 50.7 Å². The smallest absolute Gasteiger partial charge is 0.336 e. The number of benzene rings is 1. The van der Waals surface area contributed by atoms with Crippen molar-refractivity contribution < 1.29 is 18.0 Å². The van der Waals surface area contributed by atoms with Crippen molar-refractivity contribution in [2.75, 3.05) is 26.2 Å². The topological polar surface area (TPSA) is 23.6 Å². The van der Waals surface area contributed by atoms with Gasteiger partial charge in [-0.1, -0.05) is 25.7 Å². The van der Waals surface area contributed by atoms with E-state index in [4.69, 9.17) is 0 Å². The van der Waals surface area contributed by atoms with Crippen LogP contribution in [0.4, 0.5) is 13.2 Å². The highest BCUT2D eigenvalue weighted by Crippen LogP contribution is 2.29. The Labute approximate surface area is 146 Å². The summed E-state index contributed by atoms with van der Waals surface area (Å²) in [7, 11) is 0. The molecule has 1 aliphatic heterocycles. The molecule has 1 heterocycles. The lowest BCUT2D eigenvalue weighted by atomic mass is 10.1. The lowest BCUT2D eigenvalue weighted by Crippen LogP contribution is -2.51. The van der Waals surface area contributed by atoms with Crippen LogP contribution in [0.25, 0.3) is 0 Å². The fourth-order valence-electron chi connectivity index (χ4n) is 3.90. The number of alkyl halides is 3. The van der Waals surface area contributed by atoms with E-state index in [9.17, 15) is 18.0 Å². The van der Waals surface area contributed by atoms with Gasteiger partial charge in [0.05, 0.1) is 5.56 Å². The van der Waals surface area contributed by atoms with Crippen molar-refractivity contribution in [2.45, 2.75) is 50.7 Å². The van der Waals surface area contributed by atoms with E-state index in [-0.39, 0.29) is 5.91 Å². The lowest BCUT2D eigenvalue weighted by Gasteiger charge is -2.39. The minimum absolute atomic E-state index is 0.172. The number of halogens is 3. The van der Waals surface area contributed by atoms with Gasteiger partial charge in [-0.15, -0.1) is 0 Å². The maximum Gasteiger partial charge on any atom is 0.416 e. The normalized spacial score (nSPS) is 21.2. The van der Waals surface area contributed by atoms with Gasteiger partial charge in [0.15, 0.2) is 0 Å². The van der Waals surface area contributed by atoms with Crippen LogP contribution in [0.2, 0.25) is 0 Å². The van der Waals surface area contributed by atoms with Crippen LogP contribution in [-0.2, 0) is 6.18 Å². The van der Waals surface area contributed by atoms with Gasteiger partial charge in [0.25, 0.3) is 5.91 Å². The van der Waals surface area contributed by atoms with Crippen LogP contribution in [0.1, 0.15) is 54.4 Å². The molecule has 0 N–H and O–H groups in total. The largest absolute Gasteiger partial charge is 0.416 e. The molecule has 0 unspecified atom stereocenters. The van der Waals surface area contributed by atoms with Gasteiger partial charge in [0, 0.05) is 37.8 Å². The van der Waals surface area contributed by atoms with E-state index in [2.05, 4.69) is 4.90 Å². The van der Waals surface area contributed by atoms with E-state index in [1.807, 2.05) is 0 Å². The SMILES string of the molecule is O=C(c1ccc(C(F)(F)F)cc1)N1CCN(C2CCCCCC2)CC1. The minimum Gasteiger partial charge on any atom is -0.336 e. The highest BCUT2D eigenvalue weighted by Gasteiger charge is 2.31. The molecule has 2 aliphatic rings. The van der Waals surface area contributed by atoms with Crippen LogP contribution in [0.15, 0.2) is 24.3 Å². The molecular weight excluding hydrogens is 329 g/mol. The highest BCUT2D eigenvalue weighted by molar-refractivity contribution is 5.94. The van der Waals surface area contributed by atoms with Gasteiger partial charge in [0.1, 0.15) is 0 Å². The Hall–Kier alpha value is -1.56. The number of carbonyl (C=O) groups excluding carboxylic acids is 1. The second-order valence-corrected chi connectivity index (χ2v) is 7.05. The number of hydrogen-bond donors (Lipinski definition) is 0. The second kappa shape index (κ2) is 7.77. The Kier molecular flexibility index (Phi) is 5.67. The average Bonchev–Trinajstić information content (AvgIpc) is 2.90. The van der Waals surface area contributed by atoms with Crippen molar-refractivity contribution in [3.05, 3.63) is 35.4 Å². The van der Waals surface area contributed by atoms with Gasteiger partial charge in [-0.3, -0.25) is 9.69 Å². The van der Waals surface area contributed by atoms with E-state index in [0.717, 1.165) is 25.2 Å². The van der Waals surface area contributed by atoms with E-state index in [1.54, 1.807) is 4.90 Å². The maximum absolute atomic E-state index is 12.6. The summed E-state index contributed by atoms with van der Waals surface area (Å²) in [4.78, 5) is 16.8. The zero-order valence-corrected chi connectivity index (χ0v) is 14.4. The Morgan fingerprint density at radius 3 is 1.96 bits per heavy atom. The summed E-state index contributed by atoms with van der Waals surface area (Å²) in [6.45, 7) is 3.01. The number of carbonyl (C=O) groups is 1. The first-order valence-electron chi connectivity index (χ1n) is 9.16. The molecule has 6 heteroatoms. The Morgan fingerprint density at radius 1 is 0.880 bits per heavy atom. The van der Waals surface area contributed by atoms with Crippen molar-refractivity contribution in [1.29, 1.82) is 0 Å². The predicted molar refractivity (Wildman–Crippen MR) is 90.4 cm³/mol. The van der Waals surface area contributed by atoms with Gasteiger partial charge in [0.2, 0.25) is 0 Å². The third kappa shape index (κ3) is 4.54. The van der Waals surface area contributed by atoms with Crippen molar-refractivity contribution in [3.63, 3.8) is 0 Å². The van der Waals surface area contributed by atoms with Crippen LogP contribution in [-0.4, -0.2) is 47.9 Å². The van der Waals surface area contributed by atoms with Crippen LogP contribution in [0, 0.1) is 0 Å². The van der Waals surface area contributed by atoms with Gasteiger partial charge < -0.3 is 4.90 Å². The molecule has 1 aromatic rings. The molecule has 0 aromatic heterocycles. The Bertz CT molecular complexity index is 569. The third-order valence-electron chi connectivity index (χ3n) is 5.40. The molecule has 1 aromatic carbocycles. The summed E-state index contributed by atoms with van der Waals surface area (Å²) in [5.41, 5.74) is -0.391. The van der Waals surface area contributed by atoms with Crippen molar-refractivity contribution in [2.24, 2.45) is 0 Å². The van der Waals surface area contributed by atoms with Crippen molar-refractivity contribution in [3.8, 4) is 0 Å². The number of hydrogen-bond acceptors (Lipinski definition) is 2. The maximum atomic E-state index is 12.6. The monoisotopic (exact) mass is 354 g/mol. The standard InChI is InChI=1S/C19H25F3N2O/c20-19(21,22)16-9-7-15(8-10-16)18(25)24-13-11-23(12-14-24)17-5-3-1-2-4-6-17/h7-10,17H,1-6,11-14H2. The summed E-state index contributed by atoms with van der Waals surface area (Å²) in [5.74, 6) is -0.172. The first-order valence-corrected chi connectivity index (χ1v) is 9.16.